The number of Topliss-reactive ketones (excluding diaryl/α,β-unsaturated/α-hetero) is 1. The maximum absolute atomic E-state index is 12.3. The van der Waals surface area contributed by atoms with Crippen LogP contribution in [-0.4, -0.2) is 54.5 Å². The van der Waals surface area contributed by atoms with Crippen molar-refractivity contribution in [1.29, 1.82) is 0 Å². The Hall–Kier alpha value is -1.47. The quantitative estimate of drug-likeness (QED) is 0.512. The Bertz CT molecular complexity index is 593. The van der Waals surface area contributed by atoms with Crippen LogP contribution in [0.3, 0.4) is 0 Å². The molecular formula is C22H41N3O4. The van der Waals surface area contributed by atoms with Crippen LogP contribution in [0.1, 0.15) is 74.7 Å². The van der Waals surface area contributed by atoms with Crippen LogP contribution in [0.15, 0.2) is 0 Å². The van der Waals surface area contributed by atoms with Gasteiger partial charge >= 0.3 is 0 Å². The molecule has 0 bridgehead atoms. The van der Waals surface area contributed by atoms with E-state index in [1.54, 1.807) is 0 Å². The topological polar surface area (TPSA) is 96.5 Å². The highest BCUT2D eigenvalue weighted by Gasteiger charge is 2.37. The minimum absolute atomic E-state index is 0.0344. The molecule has 2 unspecified atom stereocenters. The highest BCUT2D eigenvalue weighted by molar-refractivity contribution is 5.88. The van der Waals surface area contributed by atoms with Crippen LogP contribution in [0.25, 0.3) is 0 Å². The van der Waals surface area contributed by atoms with Crippen molar-refractivity contribution in [2.75, 3.05) is 19.7 Å². The van der Waals surface area contributed by atoms with E-state index in [2.05, 4.69) is 16.0 Å². The summed E-state index contributed by atoms with van der Waals surface area (Å²) in [4.78, 5) is 36.2. The first-order valence-electron chi connectivity index (χ1n) is 10.6. The summed E-state index contributed by atoms with van der Waals surface area (Å²) in [7, 11) is 0. The van der Waals surface area contributed by atoms with Crippen LogP contribution in [0, 0.1) is 11.3 Å². The maximum atomic E-state index is 12.3. The zero-order valence-corrected chi connectivity index (χ0v) is 19.5. The third-order valence-corrected chi connectivity index (χ3v) is 4.96. The Labute approximate surface area is 176 Å². The lowest BCUT2D eigenvalue weighted by atomic mass is 9.92. The fourth-order valence-corrected chi connectivity index (χ4v) is 3.25. The number of ether oxygens (including phenoxy) is 1. The van der Waals surface area contributed by atoms with Gasteiger partial charge in [-0.25, -0.2) is 0 Å². The molecule has 0 aliphatic carbocycles. The molecule has 1 rings (SSSR count). The first-order chi connectivity index (χ1) is 13.1. The van der Waals surface area contributed by atoms with Gasteiger partial charge in [-0.05, 0) is 39.5 Å². The van der Waals surface area contributed by atoms with Gasteiger partial charge in [-0.3, -0.25) is 14.4 Å². The van der Waals surface area contributed by atoms with Crippen molar-refractivity contribution in [3.63, 3.8) is 0 Å². The Balaban J connectivity index is 2.30. The van der Waals surface area contributed by atoms with E-state index in [-0.39, 0.29) is 47.1 Å². The van der Waals surface area contributed by atoms with Gasteiger partial charge in [-0.1, -0.05) is 27.7 Å². The van der Waals surface area contributed by atoms with Crippen molar-refractivity contribution in [3.8, 4) is 0 Å². The van der Waals surface area contributed by atoms with Crippen molar-refractivity contribution in [1.82, 2.24) is 16.0 Å². The summed E-state index contributed by atoms with van der Waals surface area (Å²) >= 11 is 0. The van der Waals surface area contributed by atoms with Gasteiger partial charge in [0.05, 0.1) is 24.2 Å². The Morgan fingerprint density at radius 1 is 1.21 bits per heavy atom. The SMILES string of the molecule is CC(COC(C)(C)CCNC(=O)CC(C)(C)C)C(=O)NCC1NC(C)(C)CC1=O. The molecular weight excluding hydrogens is 370 g/mol. The number of carbonyl (C=O) groups excluding carboxylic acids is 3. The molecule has 1 fully saturated rings. The number of amides is 2. The maximum Gasteiger partial charge on any atom is 0.225 e. The van der Waals surface area contributed by atoms with Crippen molar-refractivity contribution in [2.45, 2.75) is 91.8 Å². The molecule has 1 saturated heterocycles. The standard InChI is InChI=1S/C22H41N3O4/c1-15(19(28)24-13-16-17(26)11-21(5,6)25-16)14-29-22(7,8)9-10-23-18(27)12-20(2,3)4/h15-16,25H,9-14H2,1-8H3,(H,23,27)(H,24,28). The fraction of sp³-hybridized carbons (Fsp3) is 0.864. The van der Waals surface area contributed by atoms with Crippen LogP contribution >= 0.6 is 0 Å². The van der Waals surface area contributed by atoms with Gasteiger partial charge in [0.1, 0.15) is 0 Å². The summed E-state index contributed by atoms with van der Waals surface area (Å²) in [6.07, 6.45) is 1.63. The molecule has 1 aliphatic rings. The summed E-state index contributed by atoms with van der Waals surface area (Å²) in [5, 5.41) is 9.03. The molecule has 0 spiro atoms. The molecule has 0 aromatic heterocycles. The number of nitrogens with one attached hydrogen (secondary N) is 3. The molecule has 2 amide bonds. The lowest BCUT2D eigenvalue weighted by molar-refractivity contribution is -0.129. The average Bonchev–Trinajstić information content (AvgIpc) is 2.80. The van der Waals surface area contributed by atoms with Gasteiger partial charge in [0.2, 0.25) is 11.8 Å². The van der Waals surface area contributed by atoms with Gasteiger partial charge in [0.25, 0.3) is 0 Å². The lowest BCUT2D eigenvalue weighted by Crippen LogP contribution is -2.46. The normalized spacial score (nSPS) is 20.4. The molecule has 1 heterocycles. The number of rotatable bonds is 10. The van der Waals surface area contributed by atoms with Gasteiger partial charge in [0, 0.05) is 31.5 Å². The predicted molar refractivity (Wildman–Crippen MR) is 115 cm³/mol. The summed E-state index contributed by atoms with van der Waals surface area (Å²) in [5.74, 6) is -0.277. The van der Waals surface area contributed by atoms with Crippen molar-refractivity contribution < 1.29 is 19.1 Å². The molecule has 3 N–H and O–H groups in total. The van der Waals surface area contributed by atoms with Gasteiger partial charge < -0.3 is 20.7 Å². The zero-order valence-electron chi connectivity index (χ0n) is 19.5. The summed E-state index contributed by atoms with van der Waals surface area (Å²) in [6, 6.07) is -0.324. The van der Waals surface area contributed by atoms with Gasteiger partial charge in [0.15, 0.2) is 5.78 Å². The largest absolute Gasteiger partial charge is 0.375 e. The molecule has 29 heavy (non-hydrogen) atoms. The molecule has 0 aromatic carbocycles. The molecule has 7 nitrogen and oxygen atoms in total. The van der Waals surface area contributed by atoms with E-state index < -0.39 is 5.60 Å². The third kappa shape index (κ3) is 10.2. The highest BCUT2D eigenvalue weighted by Crippen LogP contribution is 2.20. The second-order valence-electron chi connectivity index (χ2n) is 10.8. The van der Waals surface area contributed by atoms with E-state index >= 15 is 0 Å². The highest BCUT2D eigenvalue weighted by atomic mass is 16.5. The second kappa shape index (κ2) is 10.0. The van der Waals surface area contributed by atoms with Gasteiger partial charge in [-0.2, -0.15) is 0 Å². The molecule has 0 aromatic rings. The van der Waals surface area contributed by atoms with Crippen LogP contribution in [0.2, 0.25) is 0 Å². The van der Waals surface area contributed by atoms with E-state index in [1.807, 2.05) is 55.4 Å². The zero-order chi connectivity index (χ0) is 22.5. The predicted octanol–water partition coefficient (Wildman–Crippen LogP) is 2.19. The van der Waals surface area contributed by atoms with Crippen molar-refractivity contribution >= 4 is 17.6 Å². The Morgan fingerprint density at radius 3 is 2.34 bits per heavy atom. The molecule has 1 aliphatic heterocycles. The van der Waals surface area contributed by atoms with E-state index in [4.69, 9.17) is 4.74 Å². The van der Waals surface area contributed by atoms with E-state index in [1.165, 1.54) is 0 Å². The number of hydrogen-bond acceptors (Lipinski definition) is 5. The molecule has 0 radical (unpaired) electrons. The number of hydrogen-bond donors (Lipinski definition) is 3. The molecule has 168 valence electrons. The molecule has 7 heteroatoms. The number of carbonyl (C=O) groups is 3. The van der Waals surface area contributed by atoms with Crippen LogP contribution in [0.5, 0.6) is 0 Å². The van der Waals surface area contributed by atoms with Crippen molar-refractivity contribution in [2.24, 2.45) is 11.3 Å². The first kappa shape index (κ1) is 25.6. The minimum Gasteiger partial charge on any atom is -0.375 e. The monoisotopic (exact) mass is 411 g/mol. The second-order valence-corrected chi connectivity index (χ2v) is 10.8. The summed E-state index contributed by atoms with van der Waals surface area (Å²) < 4.78 is 5.93. The minimum atomic E-state index is -0.448. The van der Waals surface area contributed by atoms with Crippen LogP contribution < -0.4 is 16.0 Å². The van der Waals surface area contributed by atoms with E-state index in [0.717, 1.165) is 0 Å². The van der Waals surface area contributed by atoms with Crippen LogP contribution in [-0.2, 0) is 19.1 Å². The molecule has 2 atom stereocenters. The summed E-state index contributed by atoms with van der Waals surface area (Å²) in [6.45, 7) is 16.9. The Kier molecular flexibility index (Phi) is 8.84. The summed E-state index contributed by atoms with van der Waals surface area (Å²) in [5.41, 5.74) is -0.697. The van der Waals surface area contributed by atoms with Crippen molar-refractivity contribution in [3.05, 3.63) is 0 Å². The fourth-order valence-electron chi connectivity index (χ4n) is 3.25. The Morgan fingerprint density at radius 2 is 1.83 bits per heavy atom. The third-order valence-electron chi connectivity index (χ3n) is 4.96. The number of ketones is 1. The van der Waals surface area contributed by atoms with E-state index in [0.29, 0.717) is 32.4 Å². The average molecular weight is 412 g/mol. The van der Waals surface area contributed by atoms with E-state index in [9.17, 15) is 14.4 Å². The first-order valence-corrected chi connectivity index (χ1v) is 10.6. The lowest BCUT2D eigenvalue weighted by Gasteiger charge is -2.27. The van der Waals surface area contributed by atoms with Crippen LogP contribution in [0.4, 0.5) is 0 Å². The van der Waals surface area contributed by atoms with Gasteiger partial charge in [-0.15, -0.1) is 0 Å². The molecule has 0 saturated carbocycles. The smallest absolute Gasteiger partial charge is 0.225 e.